The first-order valence-electron chi connectivity index (χ1n) is 7.40. The van der Waals surface area contributed by atoms with Gasteiger partial charge in [-0.05, 0) is 24.3 Å². The Kier molecular flexibility index (Phi) is 4.38. The number of hydrogen-bond donors (Lipinski definition) is 2. The summed E-state index contributed by atoms with van der Waals surface area (Å²) in [6.45, 7) is 0.600. The Morgan fingerprint density at radius 1 is 1.35 bits per heavy atom. The quantitative estimate of drug-likeness (QED) is 0.773. The van der Waals surface area contributed by atoms with E-state index in [1.807, 2.05) is 0 Å². The van der Waals surface area contributed by atoms with E-state index in [0.717, 1.165) is 12.1 Å². The molecule has 0 saturated carbocycles. The van der Waals surface area contributed by atoms with Crippen molar-refractivity contribution in [1.82, 2.24) is 15.3 Å². The summed E-state index contributed by atoms with van der Waals surface area (Å²) >= 11 is 0. The summed E-state index contributed by atoms with van der Waals surface area (Å²) in [5.74, 6) is 0.270. The molecule has 1 saturated heterocycles. The van der Waals surface area contributed by atoms with Crippen LogP contribution < -0.4 is 15.0 Å². The summed E-state index contributed by atoms with van der Waals surface area (Å²) < 4.78 is 5.09. The number of amides is 2. The van der Waals surface area contributed by atoms with E-state index >= 15 is 0 Å². The highest BCUT2D eigenvalue weighted by molar-refractivity contribution is 6.22. The SMILES string of the molecule is COc1ccc(N2C(=O)C[C@H](NCCc3cnc[nH]3)C2=O)cc1. The lowest BCUT2D eigenvalue weighted by atomic mass is 10.2. The number of aromatic nitrogens is 2. The zero-order valence-electron chi connectivity index (χ0n) is 12.8. The first kappa shape index (κ1) is 15.2. The van der Waals surface area contributed by atoms with Crippen molar-refractivity contribution in [2.24, 2.45) is 0 Å². The number of carbonyl (C=O) groups is 2. The molecular weight excluding hydrogens is 296 g/mol. The van der Waals surface area contributed by atoms with E-state index in [9.17, 15) is 9.59 Å². The lowest BCUT2D eigenvalue weighted by molar-refractivity contribution is -0.121. The van der Waals surface area contributed by atoms with Crippen molar-refractivity contribution < 1.29 is 14.3 Å². The fraction of sp³-hybridized carbons (Fsp3) is 0.312. The van der Waals surface area contributed by atoms with Crippen LogP contribution in [0.15, 0.2) is 36.8 Å². The molecule has 2 amide bonds. The second-order valence-corrected chi connectivity index (χ2v) is 5.30. The molecule has 120 valence electrons. The number of ether oxygens (including phenoxy) is 1. The third-order valence-corrected chi connectivity index (χ3v) is 3.82. The lowest BCUT2D eigenvalue weighted by Crippen LogP contribution is -2.39. The van der Waals surface area contributed by atoms with Crippen molar-refractivity contribution in [1.29, 1.82) is 0 Å². The summed E-state index contributed by atoms with van der Waals surface area (Å²) in [7, 11) is 1.57. The number of H-pyrrole nitrogens is 1. The van der Waals surface area contributed by atoms with Gasteiger partial charge >= 0.3 is 0 Å². The third kappa shape index (κ3) is 3.24. The zero-order chi connectivity index (χ0) is 16.2. The maximum Gasteiger partial charge on any atom is 0.251 e. The average molecular weight is 314 g/mol. The van der Waals surface area contributed by atoms with Crippen molar-refractivity contribution >= 4 is 17.5 Å². The van der Waals surface area contributed by atoms with Crippen LogP contribution in [0.3, 0.4) is 0 Å². The minimum Gasteiger partial charge on any atom is -0.497 e. The van der Waals surface area contributed by atoms with E-state index < -0.39 is 6.04 Å². The van der Waals surface area contributed by atoms with Crippen LogP contribution >= 0.6 is 0 Å². The van der Waals surface area contributed by atoms with E-state index in [-0.39, 0.29) is 18.2 Å². The van der Waals surface area contributed by atoms with Gasteiger partial charge in [-0.25, -0.2) is 9.88 Å². The summed E-state index contributed by atoms with van der Waals surface area (Å²) in [4.78, 5) is 32.8. The zero-order valence-corrected chi connectivity index (χ0v) is 12.8. The number of methoxy groups -OCH3 is 1. The van der Waals surface area contributed by atoms with Crippen LogP contribution in [0.4, 0.5) is 5.69 Å². The predicted octanol–water partition coefficient (Wildman–Crippen LogP) is 0.882. The topological polar surface area (TPSA) is 87.3 Å². The van der Waals surface area contributed by atoms with Crippen molar-refractivity contribution in [2.75, 3.05) is 18.6 Å². The number of imidazole rings is 1. The Labute approximate surface area is 133 Å². The van der Waals surface area contributed by atoms with Gasteiger partial charge in [0.05, 0.1) is 31.6 Å². The fourth-order valence-electron chi connectivity index (χ4n) is 2.60. The summed E-state index contributed by atoms with van der Waals surface area (Å²) in [6.07, 6.45) is 4.26. The number of hydrogen-bond acceptors (Lipinski definition) is 5. The highest BCUT2D eigenvalue weighted by Crippen LogP contribution is 2.25. The molecule has 2 N–H and O–H groups in total. The van der Waals surface area contributed by atoms with Gasteiger partial charge in [0.1, 0.15) is 5.75 Å². The monoisotopic (exact) mass is 314 g/mol. The summed E-state index contributed by atoms with van der Waals surface area (Å²) in [5, 5.41) is 3.14. The summed E-state index contributed by atoms with van der Waals surface area (Å²) in [5.41, 5.74) is 1.56. The standard InChI is InChI=1S/C16H18N4O3/c1-23-13-4-2-12(3-5-13)20-15(21)8-14(16(20)22)18-7-6-11-9-17-10-19-11/h2-5,9-10,14,18H,6-8H2,1H3,(H,17,19)/t14-/m0/s1. The minimum absolute atomic E-state index is 0.174. The van der Waals surface area contributed by atoms with E-state index in [4.69, 9.17) is 4.74 Å². The molecule has 3 rings (SSSR count). The molecule has 23 heavy (non-hydrogen) atoms. The maximum absolute atomic E-state index is 12.5. The molecule has 2 aromatic rings. The molecule has 1 fully saturated rings. The third-order valence-electron chi connectivity index (χ3n) is 3.82. The van der Waals surface area contributed by atoms with Crippen LogP contribution in [-0.2, 0) is 16.0 Å². The Balaban J connectivity index is 1.62. The predicted molar refractivity (Wildman–Crippen MR) is 84.2 cm³/mol. The van der Waals surface area contributed by atoms with Crippen molar-refractivity contribution in [3.63, 3.8) is 0 Å². The van der Waals surface area contributed by atoms with Gasteiger partial charge in [-0.1, -0.05) is 0 Å². The number of imide groups is 1. The number of benzene rings is 1. The van der Waals surface area contributed by atoms with Crippen LogP contribution in [0, 0.1) is 0 Å². The van der Waals surface area contributed by atoms with E-state index in [1.54, 1.807) is 43.9 Å². The molecule has 7 nitrogen and oxygen atoms in total. The normalized spacial score (nSPS) is 17.8. The van der Waals surface area contributed by atoms with E-state index in [0.29, 0.717) is 18.0 Å². The van der Waals surface area contributed by atoms with Gasteiger partial charge in [-0.3, -0.25) is 9.59 Å². The lowest BCUT2D eigenvalue weighted by Gasteiger charge is -2.15. The first-order chi connectivity index (χ1) is 11.2. The molecule has 1 atom stereocenters. The second kappa shape index (κ2) is 6.62. The number of nitrogens with zero attached hydrogens (tertiary/aromatic N) is 2. The highest BCUT2D eigenvalue weighted by atomic mass is 16.5. The number of anilines is 1. The van der Waals surface area contributed by atoms with Crippen LogP contribution in [0.5, 0.6) is 5.75 Å². The number of nitrogens with one attached hydrogen (secondary N) is 2. The molecule has 0 bridgehead atoms. The van der Waals surface area contributed by atoms with Gasteiger partial charge in [0.25, 0.3) is 5.91 Å². The number of carbonyl (C=O) groups excluding carboxylic acids is 2. The van der Waals surface area contributed by atoms with Crippen LogP contribution in [0.1, 0.15) is 12.1 Å². The average Bonchev–Trinajstić information content (AvgIpc) is 3.17. The van der Waals surface area contributed by atoms with Gasteiger partial charge in [-0.15, -0.1) is 0 Å². The second-order valence-electron chi connectivity index (χ2n) is 5.30. The molecular formula is C16H18N4O3. The van der Waals surface area contributed by atoms with Crippen molar-refractivity contribution in [3.8, 4) is 5.75 Å². The molecule has 1 aliphatic heterocycles. The van der Waals surface area contributed by atoms with Crippen molar-refractivity contribution in [3.05, 3.63) is 42.5 Å². The van der Waals surface area contributed by atoms with Gasteiger partial charge in [0.15, 0.2) is 0 Å². The van der Waals surface area contributed by atoms with Crippen LogP contribution in [-0.4, -0.2) is 41.5 Å². The molecule has 1 aliphatic rings. The molecule has 7 heteroatoms. The first-order valence-corrected chi connectivity index (χ1v) is 7.40. The smallest absolute Gasteiger partial charge is 0.251 e. The van der Waals surface area contributed by atoms with E-state index in [1.165, 1.54) is 4.90 Å². The van der Waals surface area contributed by atoms with Crippen LogP contribution in [0.2, 0.25) is 0 Å². The van der Waals surface area contributed by atoms with E-state index in [2.05, 4.69) is 15.3 Å². The molecule has 0 radical (unpaired) electrons. The fourth-order valence-corrected chi connectivity index (χ4v) is 2.60. The molecule has 0 aliphatic carbocycles. The Morgan fingerprint density at radius 2 is 2.13 bits per heavy atom. The van der Waals surface area contributed by atoms with Gasteiger partial charge < -0.3 is 15.0 Å². The number of aromatic amines is 1. The molecule has 2 heterocycles. The van der Waals surface area contributed by atoms with Crippen molar-refractivity contribution in [2.45, 2.75) is 18.9 Å². The Morgan fingerprint density at radius 3 is 2.78 bits per heavy atom. The van der Waals surface area contributed by atoms with Gasteiger partial charge in [-0.2, -0.15) is 0 Å². The maximum atomic E-state index is 12.5. The largest absolute Gasteiger partial charge is 0.497 e. The minimum atomic E-state index is -0.479. The Bertz CT molecular complexity index is 682. The Hall–Kier alpha value is -2.67. The van der Waals surface area contributed by atoms with Gasteiger partial charge in [0.2, 0.25) is 5.91 Å². The van der Waals surface area contributed by atoms with Crippen LogP contribution in [0.25, 0.3) is 0 Å². The highest BCUT2D eigenvalue weighted by Gasteiger charge is 2.39. The van der Waals surface area contributed by atoms with Gasteiger partial charge in [0, 0.05) is 24.9 Å². The molecule has 1 aromatic heterocycles. The summed E-state index contributed by atoms with van der Waals surface area (Å²) in [6, 6.07) is 6.40. The number of rotatable bonds is 6. The molecule has 0 unspecified atom stereocenters. The molecule has 0 spiro atoms. The molecule has 1 aromatic carbocycles.